The van der Waals surface area contributed by atoms with Crippen LogP contribution in [0.2, 0.25) is 0 Å². The average Bonchev–Trinajstić information content (AvgIpc) is 3.04. The molecule has 0 aliphatic carbocycles. The Morgan fingerprint density at radius 3 is 2.45 bits per heavy atom. The second-order valence-corrected chi connectivity index (χ2v) is 8.17. The largest absolute Gasteiger partial charge is 0.361 e. The Balaban J connectivity index is 1.93. The summed E-state index contributed by atoms with van der Waals surface area (Å²) in [5.74, 6) is 1.17. The highest BCUT2D eigenvalue weighted by atomic mass is 16.5. The Morgan fingerprint density at radius 2 is 1.83 bits per heavy atom. The van der Waals surface area contributed by atoms with E-state index in [1.54, 1.807) is 4.90 Å². The number of benzene rings is 2. The second-order valence-electron chi connectivity index (χ2n) is 8.17. The molecule has 1 atom stereocenters. The van der Waals surface area contributed by atoms with Crippen LogP contribution in [-0.4, -0.2) is 29.7 Å². The van der Waals surface area contributed by atoms with Gasteiger partial charge in [0.05, 0.1) is 17.4 Å². The molecule has 0 spiro atoms. The van der Waals surface area contributed by atoms with Gasteiger partial charge in [0.15, 0.2) is 0 Å². The van der Waals surface area contributed by atoms with Crippen LogP contribution in [0.15, 0.2) is 53.1 Å². The van der Waals surface area contributed by atoms with Crippen LogP contribution in [0, 0.1) is 19.8 Å². The van der Waals surface area contributed by atoms with Crippen molar-refractivity contribution in [3.63, 3.8) is 0 Å². The SMILES string of the molecule is Cc1noc(C)c1-c1ccc2c(c1)C(c1ccccc1)N(CC(C)C)C(=O)N2C. The van der Waals surface area contributed by atoms with E-state index in [0.29, 0.717) is 12.5 Å². The number of carbonyl (C=O) groups is 1. The van der Waals surface area contributed by atoms with Crippen molar-refractivity contribution in [2.45, 2.75) is 33.7 Å². The molecule has 0 radical (unpaired) electrons. The summed E-state index contributed by atoms with van der Waals surface area (Å²) < 4.78 is 5.39. The molecule has 0 bridgehead atoms. The molecule has 29 heavy (non-hydrogen) atoms. The van der Waals surface area contributed by atoms with Gasteiger partial charge in [0.2, 0.25) is 0 Å². The summed E-state index contributed by atoms with van der Waals surface area (Å²) in [4.78, 5) is 17.0. The molecular formula is C24H27N3O2. The molecule has 1 unspecified atom stereocenters. The normalized spacial score (nSPS) is 16.5. The van der Waals surface area contributed by atoms with Crippen LogP contribution in [0.3, 0.4) is 0 Å². The quantitative estimate of drug-likeness (QED) is 0.586. The predicted molar refractivity (Wildman–Crippen MR) is 115 cm³/mol. The van der Waals surface area contributed by atoms with E-state index in [1.165, 1.54) is 0 Å². The van der Waals surface area contributed by atoms with Gasteiger partial charge in [-0.2, -0.15) is 0 Å². The Morgan fingerprint density at radius 1 is 1.10 bits per heavy atom. The summed E-state index contributed by atoms with van der Waals surface area (Å²) in [5.41, 5.74) is 6.14. The smallest absolute Gasteiger partial charge is 0.325 e. The molecule has 3 aromatic rings. The van der Waals surface area contributed by atoms with Crippen molar-refractivity contribution < 1.29 is 9.32 Å². The first-order valence-electron chi connectivity index (χ1n) is 10.0. The maximum atomic E-state index is 13.3. The van der Waals surface area contributed by atoms with Crippen LogP contribution in [-0.2, 0) is 0 Å². The lowest BCUT2D eigenvalue weighted by Crippen LogP contribution is -2.49. The van der Waals surface area contributed by atoms with Gasteiger partial charge < -0.3 is 9.42 Å². The first-order chi connectivity index (χ1) is 13.9. The zero-order valence-corrected chi connectivity index (χ0v) is 17.6. The molecule has 0 saturated carbocycles. The third-order valence-electron chi connectivity index (χ3n) is 5.53. The number of anilines is 1. The Labute approximate surface area is 171 Å². The minimum absolute atomic E-state index is 0.0325. The van der Waals surface area contributed by atoms with Crippen molar-refractivity contribution in [2.24, 2.45) is 5.92 Å². The molecule has 150 valence electrons. The minimum Gasteiger partial charge on any atom is -0.361 e. The maximum Gasteiger partial charge on any atom is 0.325 e. The van der Waals surface area contributed by atoms with Gasteiger partial charge in [-0.15, -0.1) is 0 Å². The number of carbonyl (C=O) groups excluding carboxylic acids is 1. The van der Waals surface area contributed by atoms with Gasteiger partial charge in [-0.1, -0.05) is 55.4 Å². The molecular weight excluding hydrogens is 362 g/mol. The Hall–Kier alpha value is -3.08. The fraction of sp³-hybridized carbons (Fsp3) is 0.333. The highest BCUT2D eigenvalue weighted by Gasteiger charge is 2.37. The molecule has 0 fully saturated rings. The summed E-state index contributed by atoms with van der Waals surface area (Å²) in [6.07, 6.45) is 0. The van der Waals surface area contributed by atoms with E-state index in [2.05, 4.69) is 43.3 Å². The van der Waals surface area contributed by atoms with Crippen molar-refractivity contribution in [1.29, 1.82) is 0 Å². The lowest BCUT2D eigenvalue weighted by atomic mass is 9.89. The van der Waals surface area contributed by atoms with Crippen molar-refractivity contribution in [3.05, 3.63) is 71.1 Å². The molecule has 2 amide bonds. The first-order valence-corrected chi connectivity index (χ1v) is 10.0. The van der Waals surface area contributed by atoms with Crippen molar-refractivity contribution >= 4 is 11.7 Å². The van der Waals surface area contributed by atoms with E-state index in [0.717, 1.165) is 39.4 Å². The number of nitrogens with zero attached hydrogens (tertiary/aromatic N) is 3. The lowest BCUT2D eigenvalue weighted by Gasteiger charge is -2.42. The molecule has 0 N–H and O–H groups in total. The number of fused-ring (bicyclic) bond motifs is 1. The standard InChI is InChI=1S/C24H27N3O2/c1-15(2)14-27-23(18-9-7-6-8-10-18)20-13-19(22-16(3)25-29-17(22)4)11-12-21(20)26(5)24(27)28/h6-13,15,23H,14H2,1-5H3. The number of urea groups is 1. The second kappa shape index (κ2) is 7.39. The number of aromatic nitrogens is 1. The van der Waals surface area contributed by atoms with Crippen molar-refractivity contribution in [2.75, 3.05) is 18.5 Å². The van der Waals surface area contributed by atoms with Crippen molar-refractivity contribution in [3.8, 4) is 11.1 Å². The molecule has 5 nitrogen and oxygen atoms in total. The fourth-order valence-electron chi connectivity index (χ4n) is 4.28. The van der Waals surface area contributed by atoms with Crippen LogP contribution in [0.25, 0.3) is 11.1 Å². The van der Waals surface area contributed by atoms with Crippen LogP contribution in [0.5, 0.6) is 0 Å². The number of aryl methyl sites for hydroxylation is 2. The third-order valence-corrected chi connectivity index (χ3v) is 5.53. The van der Waals surface area contributed by atoms with Crippen LogP contribution >= 0.6 is 0 Å². The Bertz CT molecular complexity index is 1020. The zero-order valence-electron chi connectivity index (χ0n) is 17.6. The average molecular weight is 389 g/mol. The zero-order chi connectivity index (χ0) is 20.7. The van der Waals surface area contributed by atoms with E-state index < -0.39 is 0 Å². The monoisotopic (exact) mass is 389 g/mol. The van der Waals surface area contributed by atoms with Gasteiger partial charge in [0, 0.05) is 24.7 Å². The van der Waals surface area contributed by atoms with Crippen LogP contribution in [0.1, 0.15) is 42.5 Å². The number of hydrogen-bond donors (Lipinski definition) is 0. The molecule has 5 heteroatoms. The molecule has 0 saturated heterocycles. The van der Waals surface area contributed by atoms with E-state index in [9.17, 15) is 4.79 Å². The predicted octanol–water partition coefficient (Wildman–Crippen LogP) is 5.58. The van der Waals surface area contributed by atoms with Gasteiger partial charge in [0.1, 0.15) is 5.76 Å². The van der Waals surface area contributed by atoms with Gasteiger partial charge in [-0.05, 0) is 43.0 Å². The first kappa shape index (κ1) is 19.2. The van der Waals surface area contributed by atoms with E-state index >= 15 is 0 Å². The van der Waals surface area contributed by atoms with Gasteiger partial charge >= 0.3 is 6.03 Å². The third kappa shape index (κ3) is 3.31. The number of rotatable bonds is 4. The molecule has 4 rings (SSSR count). The Kier molecular flexibility index (Phi) is 4.91. The molecule has 1 aliphatic heterocycles. The summed E-state index contributed by atoms with van der Waals surface area (Å²) in [7, 11) is 1.85. The number of amides is 2. The maximum absolute atomic E-state index is 13.3. The summed E-state index contributed by atoms with van der Waals surface area (Å²) in [6.45, 7) is 8.87. The van der Waals surface area contributed by atoms with Crippen molar-refractivity contribution in [1.82, 2.24) is 10.1 Å². The molecule has 2 heterocycles. The molecule has 1 aromatic heterocycles. The van der Waals surface area contributed by atoms with E-state index in [1.807, 2.05) is 50.1 Å². The van der Waals surface area contributed by atoms with Crippen LogP contribution < -0.4 is 4.90 Å². The summed E-state index contributed by atoms with van der Waals surface area (Å²) in [5, 5.41) is 4.11. The number of hydrogen-bond acceptors (Lipinski definition) is 3. The highest BCUT2D eigenvalue weighted by molar-refractivity contribution is 5.96. The van der Waals surface area contributed by atoms with E-state index in [-0.39, 0.29) is 12.1 Å². The van der Waals surface area contributed by atoms with Gasteiger partial charge in [-0.3, -0.25) is 4.90 Å². The lowest BCUT2D eigenvalue weighted by molar-refractivity contribution is 0.179. The summed E-state index contributed by atoms with van der Waals surface area (Å²) in [6, 6.07) is 16.5. The highest BCUT2D eigenvalue weighted by Crippen LogP contribution is 2.42. The van der Waals surface area contributed by atoms with Gasteiger partial charge in [-0.25, -0.2) is 4.79 Å². The molecule has 2 aromatic carbocycles. The molecule has 1 aliphatic rings. The van der Waals surface area contributed by atoms with Gasteiger partial charge in [0.25, 0.3) is 0 Å². The minimum atomic E-state index is -0.127. The topological polar surface area (TPSA) is 49.6 Å². The fourth-order valence-corrected chi connectivity index (χ4v) is 4.28. The van der Waals surface area contributed by atoms with Crippen LogP contribution in [0.4, 0.5) is 10.5 Å². The van der Waals surface area contributed by atoms with E-state index in [4.69, 9.17) is 4.52 Å². The summed E-state index contributed by atoms with van der Waals surface area (Å²) >= 11 is 0.